The fourth-order valence-corrected chi connectivity index (χ4v) is 2.12. The molecule has 7 heteroatoms. The number of halogens is 2. The van der Waals surface area contributed by atoms with Crippen LogP contribution in [0, 0.1) is 5.92 Å². The van der Waals surface area contributed by atoms with E-state index in [4.69, 9.17) is 0 Å². The van der Waals surface area contributed by atoms with Crippen molar-refractivity contribution in [1.29, 1.82) is 0 Å². The summed E-state index contributed by atoms with van der Waals surface area (Å²) in [5.41, 5.74) is 0. The van der Waals surface area contributed by atoms with E-state index in [9.17, 15) is 17.2 Å². The molecular weight excluding hydrogens is 226 g/mol. The molecule has 2 unspecified atom stereocenters. The van der Waals surface area contributed by atoms with Crippen LogP contribution >= 0.6 is 0 Å². The van der Waals surface area contributed by atoms with E-state index in [0.29, 0.717) is 12.6 Å². The SMILES string of the molecule is CC1CCC(CNS(=O)(=O)C(F)F)CN1. The molecule has 0 spiro atoms. The van der Waals surface area contributed by atoms with E-state index in [2.05, 4.69) is 5.32 Å². The lowest BCUT2D eigenvalue weighted by atomic mass is 9.96. The summed E-state index contributed by atoms with van der Waals surface area (Å²) in [6, 6.07) is 0.424. The average molecular weight is 242 g/mol. The number of rotatable bonds is 4. The van der Waals surface area contributed by atoms with Crippen molar-refractivity contribution in [2.24, 2.45) is 5.92 Å². The van der Waals surface area contributed by atoms with E-state index < -0.39 is 15.8 Å². The van der Waals surface area contributed by atoms with Gasteiger partial charge >= 0.3 is 5.76 Å². The minimum Gasteiger partial charge on any atom is -0.314 e. The van der Waals surface area contributed by atoms with Gasteiger partial charge in [0.25, 0.3) is 10.0 Å². The van der Waals surface area contributed by atoms with Gasteiger partial charge in [-0.05, 0) is 32.2 Å². The van der Waals surface area contributed by atoms with Crippen LogP contribution in [-0.4, -0.2) is 33.3 Å². The van der Waals surface area contributed by atoms with Crippen LogP contribution in [0.15, 0.2) is 0 Å². The van der Waals surface area contributed by atoms with Crippen molar-refractivity contribution in [3.63, 3.8) is 0 Å². The van der Waals surface area contributed by atoms with Crippen molar-refractivity contribution < 1.29 is 17.2 Å². The third-order valence-electron chi connectivity index (χ3n) is 2.57. The maximum atomic E-state index is 12.0. The Hall–Kier alpha value is -0.270. The van der Waals surface area contributed by atoms with Crippen LogP contribution < -0.4 is 10.0 Å². The minimum absolute atomic E-state index is 0.0897. The Balaban J connectivity index is 2.32. The number of piperidine rings is 1. The lowest BCUT2D eigenvalue weighted by Crippen LogP contribution is -2.42. The molecule has 0 bridgehead atoms. The summed E-state index contributed by atoms with van der Waals surface area (Å²) in [7, 11) is -4.42. The zero-order valence-corrected chi connectivity index (χ0v) is 9.36. The van der Waals surface area contributed by atoms with Gasteiger partial charge in [0.2, 0.25) is 0 Å². The van der Waals surface area contributed by atoms with Gasteiger partial charge in [-0.3, -0.25) is 0 Å². The highest BCUT2D eigenvalue weighted by Gasteiger charge is 2.25. The summed E-state index contributed by atoms with van der Waals surface area (Å²) < 4.78 is 47.4. The first kappa shape index (κ1) is 12.8. The van der Waals surface area contributed by atoms with Crippen LogP contribution in [0.3, 0.4) is 0 Å². The lowest BCUT2D eigenvalue weighted by molar-refractivity contribution is 0.231. The molecule has 1 aliphatic rings. The molecular formula is C8H16F2N2O2S. The monoisotopic (exact) mass is 242 g/mol. The molecule has 0 aliphatic carbocycles. The second-order valence-electron chi connectivity index (χ2n) is 3.91. The van der Waals surface area contributed by atoms with Crippen molar-refractivity contribution in [3.05, 3.63) is 0 Å². The van der Waals surface area contributed by atoms with Crippen LogP contribution in [0.4, 0.5) is 8.78 Å². The van der Waals surface area contributed by atoms with Gasteiger partial charge in [-0.25, -0.2) is 13.1 Å². The van der Waals surface area contributed by atoms with Gasteiger partial charge < -0.3 is 5.32 Å². The summed E-state index contributed by atoms with van der Waals surface area (Å²) in [5.74, 6) is -3.23. The van der Waals surface area contributed by atoms with E-state index in [0.717, 1.165) is 12.8 Å². The summed E-state index contributed by atoms with van der Waals surface area (Å²) in [6.07, 6.45) is 1.81. The highest BCUT2D eigenvalue weighted by molar-refractivity contribution is 7.89. The second-order valence-corrected chi connectivity index (χ2v) is 5.64. The predicted octanol–water partition coefficient (Wildman–Crippen LogP) is 0.517. The third kappa shape index (κ3) is 4.00. The lowest BCUT2D eigenvalue weighted by Gasteiger charge is -2.27. The van der Waals surface area contributed by atoms with Crippen LogP contribution in [-0.2, 0) is 10.0 Å². The number of hydrogen-bond donors (Lipinski definition) is 2. The molecule has 0 aromatic carbocycles. The molecule has 1 heterocycles. The van der Waals surface area contributed by atoms with Crippen molar-refractivity contribution in [1.82, 2.24) is 10.0 Å². The van der Waals surface area contributed by atoms with Crippen LogP contribution in [0.2, 0.25) is 0 Å². The van der Waals surface area contributed by atoms with E-state index in [1.807, 2.05) is 11.6 Å². The largest absolute Gasteiger partial charge is 0.350 e. The quantitative estimate of drug-likeness (QED) is 0.755. The zero-order valence-electron chi connectivity index (χ0n) is 8.54. The molecule has 0 amide bonds. The molecule has 0 saturated carbocycles. The maximum absolute atomic E-state index is 12.0. The normalized spacial score (nSPS) is 28.3. The fraction of sp³-hybridized carbons (Fsp3) is 1.00. The third-order valence-corrected chi connectivity index (χ3v) is 3.61. The Morgan fingerprint density at radius 2 is 2.13 bits per heavy atom. The highest BCUT2D eigenvalue weighted by Crippen LogP contribution is 2.13. The van der Waals surface area contributed by atoms with E-state index in [-0.39, 0.29) is 12.5 Å². The molecule has 0 aromatic heterocycles. The van der Waals surface area contributed by atoms with Gasteiger partial charge in [0, 0.05) is 12.6 Å². The minimum atomic E-state index is -4.42. The smallest absolute Gasteiger partial charge is 0.314 e. The number of hydrogen-bond acceptors (Lipinski definition) is 3. The van der Waals surface area contributed by atoms with Crippen molar-refractivity contribution in [3.8, 4) is 0 Å². The van der Waals surface area contributed by atoms with Gasteiger partial charge in [-0.2, -0.15) is 8.78 Å². The number of nitrogens with one attached hydrogen (secondary N) is 2. The van der Waals surface area contributed by atoms with Gasteiger partial charge in [0.1, 0.15) is 0 Å². The summed E-state index contributed by atoms with van der Waals surface area (Å²) in [5, 5.41) is 3.18. The summed E-state index contributed by atoms with van der Waals surface area (Å²) in [6.45, 7) is 2.80. The number of sulfonamides is 1. The second kappa shape index (κ2) is 5.18. The Morgan fingerprint density at radius 3 is 2.60 bits per heavy atom. The Morgan fingerprint density at radius 1 is 1.47 bits per heavy atom. The Bertz CT molecular complexity index is 287. The first-order valence-corrected chi connectivity index (χ1v) is 6.46. The van der Waals surface area contributed by atoms with Crippen molar-refractivity contribution in [2.75, 3.05) is 13.1 Å². The van der Waals surface area contributed by atoms with Crippen LogP contribution in [0.1, 0.15) is 19.8 Å². The molecule has 4 nitrogen and oxygen atoms in total. The van der Waals surface area contributed by atoms with Crippen LogP contribution in [0.5, 0.6) is 0 Å². The maximum Gasteiger partial charge on any atom is 0.350 e. The fourth-order valence-electron chi connectivity index (χ4n) is 1.53. The van der Waals surface area contributed by atoms with E-state index in [1.165, 1.54) is 0 Å². The van der Waals surface area contributed by atoms with Crippen LogP contribution in [0.25, 0.3) is 0 Å². The molecule has 1 fully saturated rings. The molecule has 2 atom stereocenters. The highest BCUT2D eigenvalue weighted by atomic mass is 32.2. The van der Waals surface area contributed by atoms with Gasteiger partial charge in [-0.15, -0.1) is 0 Å². The van der Waals surface area contributed by atoms with Gasteiger partial charge in [0.05, 0.1) is 0 Å². The molecule has 1 rings (SSSR count). The molecule has 0 radical (unpaired) electrons. The van der Waals surface area contributed by atoms with Gasteiger partial charge in [0.15, 0.2) is 0 Å². The summed E-state index contributed by atoms with van der Waals surface area (Å²) >= 11 is 0. The Labute approximate surface area is 88.5 Å². The zero-order chi connectivity index (χ0) is 11.5. The molecule has 90 valence electrons. The van der Waals surface area contributed by atoms with Crippen molar-refractivity contribution in [2.45, 2.75) is 31.6 Å². The first-order chi connectivity index (χ1) is 6.92. The molecule has 1 aliphatic heterocycles. The molecule has 15 heavy (non-hydrogen) atoms. The van der Waals surface area contributed by atoms with E-state index in [1.54, 1.807) is 0 Å². The number of alkyl halides is 2. The molecule has 2 N–H and O–H groups in total. The topological polar surface area (TPSA) is 58.2 Å². The average Bonchev–Trinajstić information content (AvgIpc) is 2.17. The molecule has 0 aromatic rings. The first-order valence-electron chi connectivity index (χ1n) is 4.92. The van der Waals surface area contributed by atoms with Crippen molar-refractivity contribution >= 4 is 10.0 Å². The van der Waals surface area contributed by atoms with Gasteiger partial charge in [-0.1, -0.05) is 0 Å². The predicted molar refractivity (Wildman–Crippen MR) is 53.1 cm³/mol. The summed E-state index contributed by atoms with van der Waals surface area (Å²) in [4.78, 5) is 0. The Kier molecular flexibility index (Phi) is 4.42. The molecule has 1 saturated heterocycles. The standard InChI is InChI=1S/C8H16F2N2O2S/c1-6-2-3-7(4-11-6)5-12-15(13,14)8(9)10/h6-8,11-12H,2-5H2,1H3. The van der Waals surface area contributed by atoms with E-state index >= 15 is 0 Å².